The van der Waals surface area contributed by atoms with Crippen LogP contribution in [-0.2, 0) is 0 Å². The molecule has 1 aromatic rings. The molecule has 0 unspecified atom stereocenters. The van der Waals surface area contributed by atoms with Crippen molar-refractivity contribution in [3.63, 3.8) is 0 Å². The van der Waals surface area contributed by atoms with E-state index >= 15 is 0 Å². The summed E-state index contributed by atoms with van der Waals surface area (Å²) in [5.74, 6) is 0. The van der Waals surface area contributed by atoms with Gasteiger partial charge in [0.25, 0.3) is 0 Å². The molecule has 1 aromatic carbocycles. The minimum Gasteiger partial charge on any atom is -0.399 e. The summed E-state index contributed by atoms with van der Waals surface area (Å²) in [5.41, 5.74) is 8.85. The number of aliphatic hydroxyl groups is 1. The van der Waals surface area contributed by atoms with Crippen LogP contribution in [0, 0.1) is 12.3 Å². The van der Waals surface area contributed by atoms with Gasteiger partial charge in [-0.1, -0.05) is 13.8 Å². The maximum atomic E-state index is 8.95. The number of hydrogen-bond acceptors (Lipinski definition) is 3. The summed E-state index contributed by atoms with van der Waals surface area (Å²) in [4.78, 5) is 0. The molecule has 0 fully saturated rings. The third-order valence-corrected chi connectivity index (χ3v) is 2.80. The predicted molar refractivity (Wildman–Crippen MR) is 69.6 cm³/mol. The molecular formula is C13H22N2O. The van der Waals surface area contributed by atoms with Crippen molar-refractivity contribution in [3.05, 3.63) is 23.8 Å². The molecule has 0 aromatic heterocycles. The predicted octanol–water partition coefficient (Wildman–Crippen LogP) is 2.40. The van der Waals surface area contributed by atoms with E-state index in [1.54, 1.807) is 0 Å². The average Bonchev–Trinajstić information content (AvgIpc) is 2.16. The molecule has 3 heteroatoms. The summed E-state index contributed by atoms with van der Waals surface area (Å²) in [7, 11) is 0. The van der Waals surface area contributed by atoms with E-state index in [9.17, 15) is 0 Å². The van der Waals surface area contributed by atoms with E-state index in [1.807, 2.05) is 25.1 Å². The van der Waals surface area contributed by atoms with Crippen molar-refractivity contribution in [2.24, 2.45) is 5.41 Å². The van der Waals surface area contributed by atoms with Gasteiger partial charge in [0.2, 0.25) is 0 Å². The molecule has 0 spiro atoms. The van der Waals surface area contributed by atoms with Crippen LogP contribution >= 0.6 is 0 Å². The van der Waals surface area contributed by atoms with Crippen molar-refractivity contribution >= 4 is 11.4 Å². The zero-order chi connectivity index (χ0) is 12.2. The van der Waals surface area contributed by atoms with Gasteiger partial charge in [-0.15, -0.1) is 0 Å². The Morgan fingerprint density at radius 2 is 2.06 bits per heavy atom. The molecule has 0 radical (unpaired) electrons. The van der Waals surface area contributed by atoms with Gasteiger partial charge in [-0.3, -0.25) is 0 Å². The van der Waals surface area contributed by atoms with E-state index in [0.29, 0.717) is 0 Å². The van der Waals surface area contributed by atoms with Gasteiger partial charge >= 0.3 is 0 Å². The number of aliphatic hydroxyl groups excluding tert-OH is 1. The molecule has 0 aliphatic carbocycles. The maximum Gasteiger partial charge on any atom is 0.0436 e. The van der Waals surface area contributed by atoms with Crippen LogP contribution in [0.4, 0.5) is 11.4 Å². The molecule has 4 N–H and O–H groups in total. The highest BCUT2D eigenvalue weighted by Crippen LogP contribution is 2.23. The van der Waals surface area contributed by atoms with Crippen LogP contribution in [0.5, 0.6) is 0 Å². The normalized spacial score (nSPS) is 11.5. The number of hydrogen-bond donors (Lipinski definition) is 3. The first-order chi connectivity index (χ1) is 7.44. The van der Waals surface area contributed by atoms with E-state index in [1.165, 1.54) is 0 Å². The Kier molecular flexibility index (Phi) is 4.19. The maximum absolute atomic E-state index is 8.95. The van der Waals surface area contributed by atoms with Gasteiger partial charge in [0.1, 0.15) is 0 Å². The van der Waals surface area contributed by atoms with Gasteiger partial charge in [0, 0.05) is 24.5 Å². The Bertz CT molecular complexity index is 348. The van der Waals surface area contributed by atoms with Crippen LogP contribution in [0.1, 0.15) is 25.8 Å². The highest BCUT2D eigenvalue weighted by molar-refractivity contribution is 5.57. The van der Waals surface area contributed by atoms with Crippen molar-refractivity contribution in [2.75, 3.05) is 24.2 Å². The van der Waals surface area contributed by atoms with Gasteiger partial charge in [0.15, 0.2) is 0 Å². The van der Waals surface area contributed by atoms with E-state index in [-0.39, 0.29) is 12.0 Å². The number of aryl methyl sites for hydroxylation is 1. The number of nitrogens with two attached hydrogens (primary N) is 1. The monoisotopic (exact) mass is 222 g/mol. The number of benzene rings is 1. The summed E-state index contributed by atoms with van der Waals surface area (Å²) < 4.78 is 0. The third-order valence-electron chi connectivity index (χ3n) is 2.80. The fourth-order valence-corrected chi connectivity index (χ4v) is 1.61. The number of nitrogens with one attached hydrogen (secondary N) is 1. The lowest BCUT2D eigenvalue weighted by atomic mass is 9.89. The SMILES string of the molecule is Cc1cc(N)ccc1NCC(C)(C)CCO. The Balaban J connectivity index is 2.61. The molecule has 1 rings (SSSR count). The number of anilines is 2. The first-order valence-corrected chi connectivity index (χ1v) is 5.65. The quantitative estimate of drug-likeness (QED) is 0.670. The van der Waals surface area contributed by atoms with Gasteiger partial charge < -0.3 is 16.2 Å². The highest BCUT2D eigenvalue weighted by Gasteiger charge is 2.16. The lowest BCUT2D eigenvalue weighted by molar-refractivity contribution is 0.220. The van der Waals surface area contributed by atoms with Gasteiger partial charge in [0.05, 0.1) is 0 Å². The standard InChI is InChI=1S/C13H22N2O/c1-10-8-11(14)4-5-12(10)15-9-13(2,3)6-7-16/h4-5,8,15-16H,6-7,9,14H2,1-3H3. The van der Waals surface area contributed by atoms with Crippen LogP contribution in [0.15, 0.2) is 18.2 Å². The minimum atomic E-state index is 0.0998. The van der Waals surface area contributed by atoms with Crippen LogP contribution in [0.25, 0.3) is 0 Å². The van der Waals surface area contributed by atoms with E-state index < -0.39 is 0 Å². The number of nitrogen functional groups attached to an aromatic ring is 1. The molecule has 0 atom stereocenters. The first-order valence-electron chi connectivity index (χ1n) is 5.65. The largest absolute Gasteiger partial charge is 0.399 e. The zero-order valence-corrected chi connectivity index (χ0v) is 10.4. The van der Waals surface area contributed by atoms with Gasteiger partial charge in [-0.2, -0.15) is 0 Å². The molecule has 0 saturated heterocycles. The van der Waals surface area contributed by atoms with Crippen LogP contribution in [0.2, 0.25) is 0 Å². The second-order valence-corrected chi connectivity index (χ2v) is 5.07. The summed E-state index contributed by atoms with van der Waals surface area (Å²) in [6, 6.07) is 5.86. The Morgan fingerprint density at radius 1 is 1.38 bits per heavy atom. The molecule has 0 bridgehead atoms. The molecule has 0 aliphatic heterocycles. The fourth-order valence-electron chi connectivity index (χ4n) is 1.61. The average molecular weight is 222 g/mol. The van der Waals surface area contributed by atoms with E-state index in [4.69, 9.17) is 10.8 Å². The van der Waals surface area contributed by atoms with Crippen molar-refractivity contribution in [3.8, 4) is 0 Å². The lowest BCUT2D eigenvalue weighted by Crippen LogP contribution is -2.24. The molecule has 16 heavy (non-hydrogen) atoms. The third kappa shape index (κ3) is 3.74. The van der Waals surface area contributed by atoms with Crippen molar-refractivity contribution in [1.29, 1.82) is 0 Å². The second kappa shape index (κ2) is 5.21. The Hall–Kier alpha value is -1.22. The zero-order valence-electron chi connectivity index (χ0n) is 10.4. The molecule has 0 amide bonds. The second-order valence-electron chi connectivity index (χ2n) is 5.07. The molecule has 3 nitrogen and oxygen atoms in total. The van der Waals surface area contributed by atoms with Crippen molar-refractivity contribution in [1.82, 2.24) is 0 Å². The Labute approximate surface area is 97.7 Å². The molecular weight excluding hydrogens is 200 g/mol. The first kappa shape index (κ1) is 12.8. The number of rotatable bonds is 5. The summed E-state index contributed by atoms with van der Waals surface area (Å²) >= 11 is 0. The topological polar surface area (TPSA) is 58.3 Å². The van der Waals surface area contributed by atoms with Gasteiger partial charge in [-0.05, 0) is 42.5 Å². The summed E-state index contributed by atoms with van der Waals surface area (Å²) in [5, 5.41) is 12.3. The van der Waals surface area contributed by atoms with Crippen LogP contribution < -0.4 is 11.1 Å². The molecule has 0 saturated carbocycles. The van der Waals surface area contributed by atoms with E-state index in [0.717, 1.165) is 29.9 Å². The smallest absolute Gasteiger partial charge is 0.0436 e. The lowest BCUT2D eigenvalue weighted by Gasteiger charge is -2.25. The molecule has 90 valence electrons. The van der Waals surface area contributed by atoms with Gasteiger partial charge in [-0.25, -0.2) is 0 Å². The fraction of sp³-hybridized carbons (Fsp3) is 0.538. The van der Waals surface area contributed by atoms with Crippen molar-refractivity contribution < 1.29 is 5.11 Å². The summed E-state index contributed by atoms with van der Waals surface area (Å²) in [6.07, 6.45) is 0.800. The highest BCUT2D eigenvalue weighted by atomic mass is 16.3. The van der Waals surface area contributed by atoms with E-state index in [2.05, 4.69) is 19.2 Å². The van der Waals surface area contributed by atoms with Crippen LogP contribution in [0.3, 0.4) is 0 Å². The Morgan fingerprint density at radius 3 is 2.62 bits per heavy atom. The molecule has 0 heterocycles. The minimum absolute atomic E-state index is 0.0998. The molecule has 0 aliphatic rings. The summed E-state index contributed by atoms with van der Waals surface area (Å²) in [6.45, 7) is 7.40. The van der Waals surface area contributed by atoms with Crippen molar-refractivity contribution in [2.45, 2.75) is 27.2 Å². The van der Waals surface area contributed by atoms with Crippen LogP contribution in [-0.4, -0.2) is 18.3 Å².